The molecule has 1 atom stereocenters. The molecule has 6 N–H and O–H groups in total. The van der Waals surface area contributed by atoms with E-state index in [0.29, 0.717) is 30.6 Å². The van der Waals surface area contributed by atoms with Crippen molar-refractivity contribution in [3.05, 3.63) is 70.3 Å². The van der Waals surface area contributed by atoms with Crippen LogP contribution >= 0.6 is 0 Å². The van der Waals surface area contributed by atoms with E-state index in [1.54, 1.807) is 36.4 Å². The number of amides is 1. The van der Waals surface area contributed by atoms with Crippen LogP contribution in [0.3, 0.4) is 0 Å². The Morgan fingerprint density at radius 2 is 1.97 bits per heavy atom. The number of rotatable bonds is 9. The number of benzene rings is 1. The molecule has 33 heavy (non-hydrogen) atoms. The number of hydrogen-bond donors (Lipinski definition) is 5. The maximum absolute atomic E-state index is 12.7. The second-order valence-electron chi connectivity index (χ2n) is 8.20. The first kappa shape index (κ1) is 24.6. The Morgan fingerprint density at radius 3 is 2.64 bits per heavy atom. The van der Waals surface area contributed by atoms with E-state index in [9.17, 15) is 18.0 Å². The molecule has 1 aliphatic carbocycles. The van der Waals surface area contributed by atoms with Gasteiger partial charge in [-0.2, -0.15) is 4.72 Å². The number of sulfonamides is 1. The van der Waals surface area contributed by atoms with Crippen molar-refractivity contribution in [1.82, 2.24) is 15.4 Å². The molecule has 1 heterocycles. The summed E-state index contributed by atoms with van der Waals surface area (Å²) in [5.41, 5.74) is 8.69. The van der Waals surface area contributed by atoms with Crippen LogP contribution in [0.5, 0.6) is 0 Å². The Labute approximate surface area is 193 Å². The molecule has 2 aliphatic rings. The van der Waals surface area contributed by atoms with Gasteiger partial charge in [0.1, 0.15) is 5.84 Å². The summed E-state index contributed by atoms with van der Waals surface area (Å²) in [6.45, 7) is 2.70. The van der Waals surface area contributed by atoms with Crippen molar-refractivity contribution in [1.29, 1.82) is 5.41 Å². The Balaban J connectivity index is 1.57. The fourth-order valence-corrected chi connectivity index (χ4v) is 4.94. The molecular weight excluding hydrogens is 442 g/mol. The summed E-state index contributed by atoms with van der Waals surface area (Å²) in [7, 11) is -3.80. The SMILES string of the molecule is CC1=CC=C(CS(=O)(=O)NC2NCCC=C2CC(=O)NCc2ccc(C(=N)N)cc2)C(=O)C1. The quantitative estimate of drug-likeness (QED) is 0.206. The van der Waals surface area contributed by atoms with E-state index in [1.807, 2.05) is 13.0 Å². The number of allylic oxidation sites excluding steroid dienone is 3. The van der Waals surface area contributed by atoms with Gasteiger partial charge in [-0.1, -0.05) is 48.1 Å². The van der Waals surface area contributed by atoms with Crippen LogP contribution in [0.1, 0.15) is 37.3 Å². The third-order valence-electron chi connectivity index (χ3n) is 5.40. The van der Waals surface area contributed by atoms with Crippen LogP contribution in [-0.2, 0) is 26.2 Å². The summed E-state index contributed by atoms with van der Waals surface area (Å²) in [5, 5.41) is 13.3. The van der Waals surface area contributed by atoms with Gasteiger partial charge in [0.05, 0.1) is 18.3 Å². The predicted octanol–water partition coefficient (Wildman–Crippen LogP) is 0.988. The van der Waals surface area contributed by atoms with Gasteiger partial charge in [-0.25, -0.2) is 8.42 Å². The average molecular weight is 472 g/mol. The van der Waals surface area contributed by atoms with Crippen molar-refractivity contribution in [2.24, 2.45) is 5.73 Å². The maximum Gasteiger partial charge on any atom is 0.224 e. The highest BCUT2D eigenvalue weighted by Crippen LogP contribution is 2.17. The van der Waals surface area contributed by atoms with Crippen molar-refractivity contribution in [3.63, 3.8) is 0 Å². The molecule has 1 unspecified atom stereocenters. The summed E-state index contributed by atoms with van der Waals surface area (Å²) in [6.07, 6.45) is 5.42. The van der Waals surface area contributed by atoms with Crippen LogP contribution in [0.2, 0.25) is 0 Å². The summed E-state index contributed by atoms with van der Waals surface area (Å²) >= 11 is 0. The number of hydrogen-bond acceptors (Lipinski definition) is 6. The molecule has 0 spiro atoms. The number of carbonyl (C=O) groups excluding carboxylic acids is 2. The number of carbonyl (C=O) groups is 2. The van der Waals surface area contributed by atoms with Gasteiger partial charge in [0.15, 0.2) is 5.78 Å². The number of amidine groups is 1. The highest BCUT2D eigenvalue weighted by atomic mass is 32.2. The monoisotopic (exact) mass is 471 g/mol. The Morgan fingerprint density at radius 1 is 1.24 bits per heavy atom. The van der Waals surface area contributed by atoms with Crippen molar-refractivity contribution in [3.8, 4) is 0 Å². The summed E-state index contributed by atoms with van der Waals surface area (Å²) in [5.74, 6) is -0.852. The molecule has 0 saturated heterocycles. The third kappa shape index (κ3) is 7.21. The van der Waals surface area contributed by atoms with Crippen molar-refractivity contribution in [2.75, 3.05) is 12.3 Å². The molecule has 1 aliphatic heterocycles. The molecule has 0 radical (unpaired) electrons. The highest BCUT2D eigenvalue weighted by Gasteiger charge is 2.27. The molecule has 0 aromatic heterocycles. The van der Waals surface area contributed by atoms with Gasteiger partial charge in [-0.15, -0.1) is 0 Å². The maximum atomic E-state index is 12.7. The molecule has 0 fully saturated rings. The van der Waals surface area contributed by atoms with Crippen LogP contribution in [0, 0.1) is 5.41 Å². The minimum atomic E-state index is -3.80. The van der Waals surface area contributed by atoms with E-state index in [0.717, 1.165) is 11.1 Å². The molecule has 0 saturated carbocycles. The van der Waals surface area contributed by atoms with Gasteiger partial charge in [0.2, 0.25) is 15.9 Å². The lowest BCUT2D eigenvalue weighted by Crippen LogP contribution is -2.50. The summed E-state index contributed by atoms with van der Waals surface area (Å²) in [4.78, 5) is 24.6. The van der Waals surface area contributed by atoms with E-state index in [4.69, 9.17) is 11.1 Å². The first-order valence-corrected chi connectivity index (χ1v) is 12.3. The zero-order chi connectivity index (χ0) is 24.0. The standard InChI is InChI=1S/C23H29N5O4S/c1-15-4-7-19(20(29)11-15)14-33(31,32)28-23-18(3-2-10-26-23)12-21(30)27-13-16-5-8-17(9-6-16)22(24)25/h3-9,23,26,28H,2,10-14H2,1H3,(H3,24,25)(H,27,30). The van der Waals surface area contributed by atoms with E-state index >= 15 is 0 Å². The largest absolute Gasteiger partial charge is 0.384 e. The summed E-state index contributed by atoms with van der Waals surface area (Å²) < 4.78 is 28.0. The highest BCUT2D eigenvalue weighted by molar-refractivity contribution is 7.89. The first-order valence-electron chi connectivity index (χ1n) is 10.6. The molecule has 0 bridgehead atoms. The van der Waals surface area contributed by atoms with E-state index in [-0.39, 0.29) is 35.9 Å². The molecular formula is C23H29N5O4S. The van der Waals surface area contributed by atoms with Gasteiger partial charge in [-0.3, -0.25) is 20.3 Å². The van der Waals surface area contributed by atoms with E-state index < -0.39 is 21.9 Å². The zero-order valence-electron chi connectivity index (χ0n) is 18.5. The average Bonchev–Trinajstić information content (AvgIpc) is 2.76. The van der Waals surface area contributed by atoms with Gasteiger partial charge < -0.3 is 11.1 Å². The van der Waals surface area contributed by atoms with Crippen LogP contribution in [-0.4, -0.2) is 44.4 Å². The number of nitrogens with two attached hydrogens (primary N) is 1. The van der Waals surface area contributed by atoms with Crippen molar-refractivity contribution < 1.29 is 18.0 Å². The number of nitrogen functional groups attached to an aromatic ring is 1. The Bertz CT molecular complexity index is 1130. The van der Waals surface area contributed by atoms with E-state index in [1.165, 1.54) is 0 Å². The fourth-order valence-electron chi connectivity index (χ4n) is 3.59. The normalized spacial score (nSPS) is 18.8. The lowest BCUT2D eigenvalue weighted by atomic mass is 9.99. The minimum Gasteiger partial charge on any atom is -0.384 e. The van der Waals surface area contributed by atoms with Crippen molar-refractivity contribution in [2.45, 2.75) is 38.9 Å². The van der Waals surface area contributed by atoms with Crippen LogP contribution in [0.4, 0.5) is 0 Å². The second-order valence-corrected chi connectivity index (χ2v) is 9.95. The molecule has 176 valence electrons. The summed E-state index contributed by atoms with van der Waals surface area (Å²) in [6, 6.07) is 7.00. The number of nitrogens with one attached hydrogen (secondary N) is 4. The van der Waals surface area contributed by atoms with Crippen LogP contribution in [0.25, 0.3) is 0 Å². The Hall–Kier alpha value is -3.08. The number of Topliss-reactive ketones (excluding diaryl/α,β-unsaturated/α-hetero) is 1. The van der Waals surface area contributed by atoms with Gasteiger partial charge in [-0.05, 0) is 24.5 Å². The Kier molecular flexibility index (Phi) is 7.96. The predicted molar refractivity (Wildman–Crippen MR) is 127 cm³/mol. The first-order chi connectivity index (χ1) is 15.6. The van der Waals surface area contributed by atoms with Gasteiger partial charge in [0, 0.05) is 30.6 Å². The van der Waals surface area contributed by atoms with Crippen molar-refractivity contribution >= 4 is 27.5 Å². The molecule has 10 heteroatoms. The van der Waals surface area contributed by atoms with Gasteiger partial charge in [0.25, 0.3) is 0 Å². The second kappa shape index (κ2) is 10.7. The lowest BCUT2D eigenvalue weighted by molar-refractivity contribution is -0.120. The third-order valence-corrected chi connectivity index (χ3v) is 6.68. The molecule has 1 amide bonds. The molecule has 1 aromatic rings. The zero-order valence-corrected chi connectivity index (χ0v) is 19.3. The van der Waals surface area contributed by atoms with Crippen LogP contribution in [0.15, 0.2) is 59.2 Å². The van der Waals surface area contributed by atoms with Gasteiger partial charge >= 0.3 is 0 Å². The topological polar surface area (TPSA) is 154 Å². The fraction of sp³-hybridized carbons (Fsp3) is 0.348. The molecule has 9 nitrogen and oxygen atoms in total. The van der Waals surface area contributed by atoms with E-state index in [2.05, 4.69) is 15.4 Å². The smallest absolute Gasteiger partial charge is 0.224 e. The minimum absolute atomic E-state index is 0.0217. The van der Waals surface area contributed by atoms with Crippen LogP contribution < -0.4 is 21.1 Å². The molecule has 1 aromatic carbocycles. The number of ketones is 1. The molecule has 3 rings (SSSR count). The lowest BCUT2D eigenvalue weighted by Gasteiger charge is -2.26.